The summed E-state index contributed by atoms with van der Waals surface area (Å²) in [5.74, 6) is 3.58. The number of ether oxygens (including phenoxy) is 2. The van der Waals surface area contributed by atoms with E-state index in [1.807, 2.05) is 6.07 Å². The molecule has 4 bridgehead atoms. The number of carbonyl (C=O) groups is 1. The van der Waals surface area contributed by atoms with Crippen molar-refractivity contribution in [2.24, 2.45) is 23.2 Å². The van der Waals surface area contributed by atoms with Crippen molar-refractivity contribution >= 4 is 12.0 Å². The van der Waals surface area contributed by atoms with Crippen LogP contribution in [0.1, 0.15) is 51.0 Å². The number of hydrogen-bond acceptors (Lipinski definition) is 4. The van der Waals surface area contributed by atoms with Gasteiger partial charge in [0, 0.05) is 6.04 Å². The summed E-state index contributed by atoms with van der Waals surface area (Å²) in [4.78, 5) is 12.9. The molecule has 1 aromatic carbocycles. The van der Waals surface area contributed by atoms with Crippen molar-refractivity contribution in [1.82, 2.24) is 5.32 Å². The van der Waals surface area contributed by atoms with Gasteiger partial charge in [-0.05, 0) is 92.4 Å². The van der Waals surface area contributed by atoms with Crippen LogP contribution in [0.2, 0.25) is 0 Å². The van der Waals surface area contributed by atoms with Gasteiger partial charge in [-0.3, -0.25) is 4.79 Å². The first kappa shape index (κ1) is 17.6. The Labute approximate surface area is 165 Å². The lowest BCUT2D eigenvalue weighted by Crippen LogP contribution is -2.55. The molecule has 6 rings (SSSR count). The van der Waals surface area contributed by atoms with Gasteiger partial charge in [-0.1, -0.05) is 6.07 Å². The Hall–Kier alpha value is -2.48. The summed E-state index contributed by atoms with van der Waals surface area (Å²) in [7, 11) is 0. The SMILES string of the molecule is CC(NC(=O)/C(C#N)=C/c1ccc2c(c1)OCO2)C12CC3CC(CC(C3)C1)C2. The Morgan fingerprint density at radius 1 is 1.18 bits per heavy atom. The maximum absolute atomic E-state index is 12.9. The second-order valence-electron chi connectivity index (χ2n) is 9.26. The zero-order valence-corrected chi connectivity index (χ0v) is 16.2. The summed E-state index contributed by atoms with van der Waals surface area (Å²) in [6.07, 6.45) is 9.47. The highest BCUT2D eigenvalue weighted by molar-refractivity contribution is 6.01. The molecule has 4 fully saturated rings. The van der Waals surface area contributed by atoms with Crippen molar-refractivity contribution < 1.29 is 14.3 Å². The number of fused-ring (bicyclic) bond motifs is 1. The van der Waals surface area contributed by atoms with Gasteiger partial charge in [-0.2, -0.15) is 5.26 Å². The molecule has 0 radical (unpaired) electrons. The van der Waals surface area contributed by atoms with Crippen molar-refractivity contribution in [2.75, 3.05) is 6.79 Å². The Morgan fingerprint density at radius 3 is 2.46 bits per heavy atom. The number of nitrogens with one attached hydrogen (secondary N) is 1. The van der Waals surface area contributed by atoms with E-state index in [1.54, 1.807) is 18.2 Å². The van der Waals surface area contributed by atoms with Crippen molar-refractivity contribution in [1.29, 1.82) is 5.26 Å². The third-order valence-electron chi connectivity index (χ3n) is 7.42. The molecule has 1 N–H and O–H groups in total. The van der Waals surface area contributed by atoms with Crippen LogP contribution in [0.3, 0.4) is 0 Å². The van der Waals surface area contributed by atoms with Crippen LogP contribution in [0.4, 0.5) is 0 Å². The van der Waals surface area contributed by atoms with Crippen LogP contribution in [-0.4, -0.2) is 18.7 Å². The minimum atomic E-state index is -0.275. The van der Waals surface area contributed by atoms with E-state index < -0.39 is 0 Å². The molecule has 1 unspecified atom stereocenters. The lowest BCUT2D eigenvalue weighted by molar-refractivity contribution is -0.121. The molecule has 0 spiro atoms. The molecule has 5 nitrogen and oxygen atoms in total. The van der Waals surface area contributed by atoms with Crippen LogP contribution < -0.4 is 14.8 Å². The number of nitriles is 1. The second-order valence-corrected chi connectivity index (χ2v) is 9.26. The molecule has 1 amide bonds. The zero-order valence-electron chi connectivity index (χ0n) is 16.2. The van der Waals surface area contributed by atoms with Crippen LogP contribution >= 0.6 is 0 Å². The molecule has 4 aliphatic carbocycles. The fourth-order valence-electron chi connectivity index (χ4n) is 6.45. The Balaban J connectivity index is 1.32. The summed E-state index contributed by atoms with van der Waals surface area (Å²) in [6.45, 7) is 2.34. The summed E-state index contributed by atoms with van der Waals surface area (Å²) in [5.41, 5.74) is 1.12. The number of amides is 1. The van der Waals surface area contributed by atoms with Crippen LogP contribution in [0.5, 0.6) is 11.5 Å². The molecule has 5 aliphatic rings. The lowest BCUT2D eigenvalue weighted by Gasteiger charge is -2.59. The van der Waals surface area contributed by atoms with Crippen LogP contribution in [0.25, 0.3) is 6.08 Å². The maximum Gasteiger partial charge on any atom is 0.262 e. The first-order valence-electron chi connectivity index (χ1n) is 10.4. The topological polar surface area (TPSA) is 71.4 Å². The number of carbonyl (C=O) groups excluding carboxylic acids is 1. The normalized spacial score (nSPS) is 33.4. The number of benzene rings is 1. The van der Waals surface area contributed by atoms with E-state index in [4.69, 9.17) is 9.47 Å². The van der Waals surface area contributed by atoms with E-state index in [1.165, 1.54) is 38.5 Å². The lowest BCUT2D eigenvalue weighted by atomic mass is 9.48. The smallest absolute Gasteiger partial charge is 0.262 e. The van der Waals surface area contributed by atoms with Gasteiger partial charge in [0.25, 0.3) is 5.91 Å². The minimum absolute atomic E-state index is 0.0990. The van der Waals surface area contributed by atoms with Crippen molar-refractivity contribution in [3.05, 3.63) is 29.3 Å². The highest BCUT2D eigenvalue weighted by Crippen LogP contribution is 2.61. The molecule has 0 saturated heterocycles. The van der Waals surface area contributed by atoms with E-state index in [9.17, 15) is 10.1 Å². The van der Waals surface area contributed by atoms with E-state index >= 15 is 0 Å². The van der Waals surface area contributed by atoms with Gasteiger partial charge in [0.1, 0.15) is 11.6 Å². The molecule has 1 atom stereocenters. The molecule has 1 aliphatic heterocycles. The highest BCUT2D eigenvalue weighted by atomic mass is 16.7. The molecule has 1 heterocycles. The quantitative estimate of drug-likeness (QED) is 0.634. The van der Waals surface area contributed by atoms with Gasteiger partial charge >= 0.3 is 0 Å². The molecular formula is C23H26N2O3. The molecule has 1 aromatic rings. The van der Waals surface area contributed by atoms with Gasteiger partial charge in [0.2, 0.25) is 6.79 Å². The Kier molecular flexibility index (Phi) is 4.12. The first-order chi connectivity index (χ1) is 13.5. The van der Waals surface area contributed by atoms with E-state index in [-0.39, 0.29) is 29.7 Å². The van der Waals surface area contributed by atoms with Crippen molar-refractivity contribution in [3.63, 3.8) is 0 Å². The van der Waals surface area contributed by atoms with E-state index in [2.05, 4.69) is 18.3 Å². The average Bonchev–Trinajstić information content (AvgIpc) is 3.12. The van der Waals surface area contributed by atoms with E-state index in [0.717, 1.165) is 23.3 Å². The van der Waals surface area contributed by atoms with Gasteiger partial charge < -0.3 is 14.8 Å². The molecule has 5 heteroatoms. The second kappa shape index (κ2) is 6.55. The molecule has 28 heavy (non-hydrogen) atoms. The standard InChI is InChI=1S/C23H26N2O3/c1-14(23-9-16-4-17(10-23)6-18(5-16)11-23)25-22(26)19(12-24)7-15-2-3-20-21(8-15)28-13-27-20/h2-3,7-8,14,16-18H,4-6,9-11,13H2,1H3,(H,25,26)/b19-7+. The number of nitrogens with zero attached hydrogens (tertiary/aromatic N) is 1. The third-order valence-corrected chi connectivity index (χ3v) is 7.42. The summed E-state index contributed by atoms with van der Waals surface area (Å²) >= 11 is 0. The Bertz CT molecular complexity index is 847. The van der Waals surface area contributed by atoms with Gasteiger partial charge in [-0.25, -0.2) is 0 Å². The highest BCUT2D eigenvalue weighted by Gasteiger charge is 2.53. The summed E-state index contributed by atoms with van der Waals surface area (Å²) < 4.78 is 10.7. The van der Waals surface area contributed by atoms with Gasteiger partial charge in [-0.15, -0.1) is 0 Å². The number of hydrogen-bond donors (Lipinski definition) is 1. The summed E-state index contributed by atoms with van der Waals surface area (Å²) in [5, 5.41) is 12.7. The maximum atomic E-state index is 12.9. The van der Waals surface area contributed by atoms with Crippen LogP contribution in [0, 0.1) is 34.5 Å². The van der Waals surface area contributed by atoms with Gasteiger partial charge in [0.15, 0.2) is 11.5 Å². The number of rotatable bonds is 4. The van der Waals surface area contributed by atoms with E-state index in [0.29, 0.717) is 11.5 Å². The first-order valence-corrected chi connectivity index (χ1v) is 10.4. The largest absolute Gasteiger partial charge is 0.454 e. The van der Waals surface area contributed by atoms with Crippen LogP contribution in [-0.2, 0) is 4.79 Å². The van der Waals surface area contributed by atoms with Crippen molar-refractivity contribution in [2.45, 2.75) is 51.5 Å². The van der Waals surface area contributed by atoms with Gasteiger partial charge in [0.05, 0.1) is 0 Å². The molecule has 146 valence electrons. The fraction of sp³-hybridized carbons (Fsp3) is 0.565. The predicted molar refractivity (Wildman–Crippen MR) is 104 cm³/mol. The molecule has 4 saturated carbocycles. The van der Waals surface area contributed by atoms with Crippen LogP contribution in [0.15, 0.2) is 23.8 Å². The third kappa shape index (κ3) is 2.96. The van der Waals surface area contributed by atoms with Crippen molar-refractivity contribution in [3.8, 4) is 17.6 Å². The monoisotopic (exact) mass is 378 g/mol. The fourth-order valence-corrected chi connectivity index (χ4v) is 6.45. The summed E-state index contributed by atoms with van der Waals surface area (Å²) in [6, 6.07) is 7.61. The molecular weight excluding hydrogens is 352 g/mol. The molecule has 0 aromatic heterocycles. The average molecular weight is 378 g/mol. The predicted octanol–water partition coefficient (Wildman–Crippen LogP) is 4.04. The zero-order chi connectivity index (χ0) is 19.3. The minimum Gasteiger partial charge on any atom is -0.454 e. The Morgan fingerprint density at radius 2 is 1.82 bits per heavy atom.